The third-order valence-corrected chi connectivity index (χ3v) is 5.14. The van der Waals surface area contributed by atoms with E-state index in [2.05, 4.69) is 20.9 Å². The highest BCUT2D eigenvalue weighted by atomic mass is 19.1. The van der Waals surface area contributed by atoms with Crippen molar-refractivity contribution in [2.45, 2.75) is 32.0 Å². The van der Waals surface area contributed by atoms with Gasteiger partial charge in [-0.3, -0.25) is 24.2 Å². The van der Waals surface area contributed by atoms with Gasteiger partial charge in [0.2, 0.25) is 11.7 Å². The SMILES string of the molecule is C[C@@H](NC(=O)c1ccc(F)cc1)C(=O)N[C@H](Cc1ccccc1)C(=O)C(=O)NCc1ccccn1. The summed E-state index contributed by atoms with van der Waals surface area (Å²) in [6.45, 7) is 1.50. The molecule has 0 fully saturated rings. The van der Waals surface area contributed by atoms with Gasteiger partial charge < -0.3 is 16.0 Å². The molecule has 1 aromatic heterocycles. The van der Waals surface area contributed by atoms with E-state index in [-0.39, 0.29) is 18.5 Å². The van der Waals surface area contributed by atoms with Crippen molar-refractivity contribution in [2.75, 3.05) is 0 Å². The first-order chi connectivity index (χ1) is 16.8. The Bertz CT molecular complexity index is 1170. The predicted octanol–water partition coefficient (Wildman–Crippen LogP) is 1.95. The minimum absolute atomic E-state index is 0.0571. The Morgan fingerprint density at radius 3 is 2.23 bits per heavy atom. The maximum Gasteiger partial charge on any atom is 0.289 e. The van der Waals surface area contributed by atoms with Crippen LogP contribution in [0, 0.1) is 5.82 Å². The summed E-state index contributed by atoms with van der Waals surface area (Å²) in [5.74, 6) is -3.40. The molecule has 0 saturated carbocycles. The fourth-order valence-corrected chi connectivity index (χ4v) is 3.22. The molecule has 35 heavy (non-hydrogen) atoms. The second-order valence-electron chi connectivity index (χ2n) is 7.82. The summed E-state index contributed by atoms with van der Waals surface area (Å²) in [4.78, 5) is 54.7. The Morgan fingerprint density at radius 1 is 0.886 bits per heavy atom. The van der Waals surface area contributed by atoms with Crippen LogP contribution in [-0.4, -0.2) is 40.6 Å². The van der Waals surface area contributed by atoms with E-state index >= 15 is 0 Å². The zero-order valence-electron chi connectivity index (χ0n) is 19.0. The van der Waals surface area contributed by atoms with Gasteiger partial charge in [0.25, 0.3) is 11.8 Å². The number of nitrogens with one attached hydrogen (secondary N) is 3. The monoisotopic (exact) mass is 476 g/mol. The highest BCUT2D eigenvalue weighted by Gasteiger charge is 2.29. The van der Waals surface area contributed by atoms with Crippen molar-refractivity contribution in [1.29, 1.82) is 0 Å². The fraction of sp³-hybridized carbons (Fsp3) is 0.192. The predicted molar refractivity (Wildman–Crippen MR) is 126 cm³/mol. The smallest absolute Gasteiger partial charge is 0.289 e. The maximum atomic E-state index is 13.1. The molecule has 3 amide bonds. The van der Waals surface area contributed by atoms with Crippen LogP contribution < -0.4 is 16.0 Å². The average molecular weight is 477 g/mol. The molecule has 0 aliphatic rings. The molecular formula is C26H25FN4O4. The second kappa shape index (κ2) is 12.2. The average Bonchev–Trinajstić information content (AvgIpc) is 2.88. The quantitative estimate of drug-likeness (QED) is 0.387. The molecule has 0 bridgehead atoms. The molecule has 3 aromatic rings. The fourth-order valence-electron chi connectivity index (χ4n) is 3.22. The van der Waals surface area contributed by atoms with Gasteiger partial charge in [0.05, 0.1) is 12.2 Å². The molecule has 2 aromatic carbocycles. The molecule has 8 nitrogen and oxygen atoms in total. The molecule has 0 saturated heterocycles. The number of hydrogen-bond donors (Lipinski definition) is 3. The molecule has 9 heteroatoms. The van der Waals surface area contributed by atoms with Gasteiger partial charge in [0.1, 0.15) is 17.9 Å². The normalized spacial score (nSPS) is 12.2. The minimum Gasteiger partial charge on any atom is -0.344 e. The van der Waals surface area contributed by atoms with Crippen molar-refractivity contribution in [3.05, 3.63) is 102 Å². The van der Waals surface area contributed by atoms with Crippen molar-refractivity contribution in [1.82, 2.24) is 20.9 Å². The third kappa shape index (κ3) is 7.56. The topological polar surface area (TPSA) is 117 Å². The number of carbonyl (C=O) groups excluding carboxylic acids is 4. The van der Waals surface area contributed by atoms with Gasteiger partial charge in [-0.15, -0.1) is 0 Å². The third-order valence-electron chi connectivity index (χ3n) is 5.14. The number of amides is 3. The Labute approximate surface area is 202 Å². The number of rotatable bonds is 10. The van der Waals surface area contributed by atoms with Crippen LogP contribution in [0.3, 0.4) is 0 Å². The van der Waals surface area contributed by atoms with Crippen molar-refractivity contribution >= 4 is 23.5 Å². The van der Waals surface area contributed by atoms with Crippen LogP contribution in [0.1, 0.15) is 28.5 Å². The number of benzene rings is 2. The van der Waals surface area contributed by atoms with Gasteiger partial charge in [-0.05, 0) is 48.9 Å². The summed E-state index contributed by atoms with van der Waals surface area (Å²) in [5.41, 5.74) is 1.50. The summed E-state index contributed by atoms with van der Waals surface area (Å²) < 4.78 is 13.1. The first-order valence-corrected chi connectivity index (χ1v) is 11.0. The van der Waals surface area contributed by atoms with Crippen molar-refractivity contribution in [3.8, 4) is 0 Å². The van der Waals surface area contributed by atoms with Gasteiger partial charge in [0, 0.05) is 18.2 Å². The van der Waals surface area contributed by atoms with E-state index in [0.717, 1.165) is 17.7 Å². The molecule has 0 spiro atoms. The number of hydrogen-bond acceptors (Lipinski definition) is 5. The molecule has 0 radical (unpaired) electrons. The summed E-state index contributed by atoms with van der Waals surface area (Å²) in [6.07, 6.45) is 1.66. The Kier molecular flexibility index (Phi) is 8.77. The molecule has 3 N–H and O–H groups in total. The van der Waals surface area contributed by atoms with E-state index in [9.17, 15) is 23.6 Å². The van der Waals surface area contributed by atoms with Crippen LogP contribution in [0.5, 0.6) is 0 Å². The molecule has 1 heterocycles. The van der Waals surface area contributed by atoms with Gasteiger partial charge in [-0.1, -0.05) is 36.4 Å². The highest BCUT2D eigenvalue weighted by molar-refractivity contribution is 6.38. The molecular weight excluding hydrogens is 451 g/mol. The lowest BCUT2D eigenvalue weighted by Gasteiger charge is -2.21. The van der Waals surface area contributed by atoms with Crippen LogP contribution in [0.15, 0.2) is 79.0 Å². The van der Waals surface area contributed by atoms with Gasteiger partial charge in [-0.25, -0.2) is 4.39 Å². The van der Waals surface area contributed by atoms with Gasteiger partial charge in [-0.2, -0.15) is 0 Å². The number of nitrogens with zero attached hydrogens (tertiary/aromatic N) is 1. The van der Waals surface area contributed by atoms with Crippen molar-refractivity contribution in [3.63, 3.8) is 0 Å². The first-order valence-electron chi connectivity index (χ1n) is 11.0. The summed E-state index contributed by atoms with van der Waals surface area (Å²) in [6, 6.07) is 16.8. The van der Waals surface area contributed by atoms with Crippen molar-refractivity contribution < 1.29 is 23.6 Å². The largest absolute Gasteiger partial charge is 0.344 e. The number of Topliss-reactive ketones (excluding diaryl/α,β-unsaturated/α-hetero) is 1. The van der Waals surface area contributed by atoms with E-state index in [1.807, 2.05) is 6.07 Å². The molecule has 0 aliphatic carbocycles. The van der Waals surface area contributed by atoms with E-state index in [0.29, 0.717) is 5.69 Å². The maximum absolute atomic E-state index is 13.1. The van der Waals surface area contributed by atoms with Gasteiger partial charge >= 0.3 is 0 Å². The lowest BCUT2D eigenvalue weighted by atomic mass is 10.0. The number of carbonyl (C=O) groups is 4. The van der Waals surface area contributed by atoms with Crippen molar-refractivity contribution in [2.24, 2.45) is 0 Å². The molecule has 0 unspecified atom stereocenters. The standard InChI is InChI=1S/C26H25FN4O4/c1-17(30-25(34)19-10-12-20(27)13-11-19)24(33)31-22(15-18-7-3-2-4-8-18)23(32)26(35)29-16-21-9-5-6-14-28-21/h2-14,17,22H,15-16H2,1H3,(H,29,35)(H,30,34)(H,31,33)/t17-,22-/m1/s1. The van der Waals surface area contributed by atoms with Crippen LogP contribution in [0.25, 0.3) is 0 Å². The number of aromatic nitrogens is 1. The minimum atomic E-state index is -1.15. The number of ketones is 1. The lowest BCUT2D eigenvalue weighted by molar-refractivity contribution is -0.140. The zero-order chi connectivity index (χ0) is 25.2. The van der Waals surface area contributed by atoms with Crippen LogP contribution in [0.4, 0.5) is 4.39 Å². The summed E-state index contributed by atoms with van der Waals surface area (Å²) in [5, 5.41) is 7.60. The zero-order valence-corrected chi connectivity index (χ0v) is 19.0. The lowest BCUT2D eigenvalue weighted by Crippen LogP contribution is -2.53. The van der Waals surface area contributed by atoms with E-state index in [4.69, 9.17) is 0 Å². The Morgan fingerprint density at radius 2 is 1.57 bits per heavy atom. The first kappa shape index (κ1) is 25.2. The van der Waals surface area contributed by atoms with E-state index in [1.165, 1.54) is 19.1 Å². The van der Waals surface area contributed by atoms with E-state index < -0.39 is 41.4 Å². The van der Waals surface area contributed by atoms with Gasteiger partial charge in [0.15, 0.2) is 0 Å². The van der Waals surface area contributed by atoms with Crippen LogP contribution >= 0.6 is 0 Å². The number of pyridine rings is 1. The second-order valence-corrected chi connectivity index (χ2v) is 7.82. The number of halogens is 1. The van der Waals surface area contributed by atoms with E-state index in [1.54, 1.807) is 48.7 Å². The van der Waals surface area contributed by atoms with Crippen LogP contribution in [0.2, 0.25) is 0 Å². The summed E-state index contributed by atoms with van der Waals surface area (Å²) in [7, 11) is 0. The molecule has 3 rings (SSSR count). The molecule has 180 valence electrons. The molecule has 0 aliphatic heterocycles. The highest BCUT2D eigenvalue weighted by Crippen LogP contribution is 2.06. The Hall–Kier alpha value is -4.40. The summed E-state index contributed by atoms with van der Waals surface area (Å²) >= 11 is 0. The Balaban J connectivity index is 1.66. The van der Waals surface area contributed by atoms with Crippen LogP contribution in [-0.2, 0) is 27.3 Å². The molecule has 2 atom stereocenters.